The van der Waals surface area contributed by atoms with Crippen LogP contribution in [0.25, 0.3) is 55.0 Å². The minimum absolute atomic E-state index is 0.0458. The van der Waals surface area contributed by atoms with Crippen LogP contribution in [0.4, 0.5) is 17.2 Å². The fourth-order valence-corrected chi connectivity index (χ4v) is 11.2. The zero-order valence-corrected chi connectivity index (χ0v) is 29.1. The molecule has 0 unspecified atom stereocenters. The molecule has 0 radical (unpaired) electrons. The van der Waals surface area contributed by atoms with Crippen molar-refractivity contribution in [3.8, 4) is 11.4 Å². The summed E-state index contributed by atoms with van der Waals surface area (Å²) in [6.07, 6.45) is 4.52. The first kappa shape index (κ1) is 27.7. The first-order chi connectivity index (χ1) is 25.3. The molecule has 0 aliphatic carbocycles. The molecule has 238 valence electrons. The van der Waals surface area contributed by atoms with E-state index in [0.717, 1.165) is 17.2 Å². The van der Waals surface area contributed by atoms with Gasteiger partial charge in [-0.3, -0.25) is 0 Å². The summed E-state index contributed by atoms with van der Waals surface area (Å²) >= 11 is 0.127. The molecule has 10 aromatic rings. The van der Waals surface area contributed by atoms with Crippen LogP contribution in [0.2, 0.25) is 0 Å². The van der Waals surface area contributed by atoms with E-state index in [9.17, 15) is 0 Å². The van der Waals surface area contributed by atoms with Gasteiger partial charge < -0.3 is 0 Å². The van der Waals surface area contributed by atoms with Gasteiger partial charge in [0.25, 0.3) is 0 Å². The number of hydrogen-bond acceptors (Lipinski definition) is 1. The predicted molar refractivity (Wildman–Crippen MR) is 213 cm³/mol. The molecule has 0 saturated heterocycles. The Hall–Kier alpha value is -6.14. The summed E-state index contributed by atoms with van der Waals surface area (Å²) in [5.74, 6) is 1.15. The van der Waals surface area contributed by atoms with Crippen molar-refractivity contribution < 1.29 is 0 Å². The van der Waals surface area contributed by atoms with Crippen molar-refractivity contribution in [1.82, 2.24) is 18.1 Å². The molecular formula is C44H28BN5Se. The van der Waals surface area contributed by atoms with Gasteiger partial charge >= 0.3 is 302 Å². The van der Waals surface area contributed by atoms with E-state index in [4.69, 9.17) is 0 Å². The molecule has 2 aliphatic rings. The number of para-hydroxylation sites is 6. The molecule has 12 rings (SSSR count). The zero-order valence-electron chi connectivity index (χ0n) is 27.4. The van der Waals surface area contributed by atoms with Gasteiger partial charge in [-0.1, -0.05) is 0 Å². The molecule has 0 spiro atoms. The Kier molecular flexibility index (Phi) is 5.54. The number of aromatic nitrogens is 4. The summed E-state index contributed by atoms with van der Waals surface area (Å²) in [5, 5.41) is 5.08. The maximum absolute atomic E-state index is 2.52. The molecule has 0 N–H and O–H groups in total. The van der Waals surface area contributed by atoms with Gasteiger partial charge in [0.05, 0.1) is 0 Å². The van der Waals surface area contributed by atoms with E-state index in [1.54, 1.807) is 0 Å². The molecular weight excluding hydrogens is 688 g/mol. The molecule has 6 heterocycles. The van der Waals surface area contributed by atoms with Crippen molar-refractivity contribution >= 4 is 97.3 Å². The second-order valence-electron chi connectivity index (χ2n) is 13.4. The van der Waals surface area contributed by atoms with Crippen LogP contribution in [-0.4, -0.2) is 40.0 Å². The SMILES string of the molecule is c1ccc(-n2c3ccccc3c3ccccc32)c(N2c3cc(-n4c5ccccc5c5ccccc54)cc4c3B(n3cccc3[Se]4)n3cccc32)c1. The maximum atomic E-state index is 2.52. The van der Waals surface area contributed by atoms with E-state index >= 15 is 0 Å². The van der Waals surface area contributed by atoms with Crippen LogP contribution >= 0.6 is 0 Å². The monoisotopic (exact) mass is 717 g/mol. The van der Waals surface area contributed by atoms with Gasteiger partial charge in [0, 0.05) is 0 Å². The van der Waals surface area contributed by atoms with Gasteiger partial charge in [0.2, 0.25) is 0 Å². The van der Waals surface area contributed by atoms with Crippen LogP contribution in [0.5, 0.6) is 0 Å². The fraction of sp³-hybridized carbons (Fsp3) is 0. The molecule has 7 heteroatoms. The third-order valence-corrected chi connectivity index (χ3v) is 13.2. The van der Waals surface area contributed by atoms with Crippen LogP contribution < -0.4 is 19.4 Å². The van der Waals surface area contributed by atoms with Crippen molar-refractivity contribution in [3.05, 3.63) is 170 Å². The number of nitrogens with zero attached hydrogens (tertiary/aromatic N) is 5. The van der Waals surface area contributed by atoms with E-state index < -0.39 is 0 Å². The quantitative estimate of drug-likeness (QED) is 0.170. The number of anilines is 3. The molecule has 0 saturated carbocycles. The summed E-state index contributed by atoms with van der Waals surface area (Å²) in [6, 6.07) is 58.1. The Balaban J connectivity index is 1.19. The Morgan fingerprint density at radius 1 is 0.431 bits per heavy atom. The number of hydrogen-bond donors (Lipinski definition) is 0. The van der Waals surface area contributed by atoms with Gasteiger partial charge in [-0.2, -0.15) is 0 Å². The van der Waals surface area contributed by atoms with E-state index in [-0.39, 0.29) is 21.9 Å². The van der Waals surface area contributed by atoms with Crippen LogP contribution in [0.1, 0.15) is 0 Å². The first-order valence-electron chi connectivity index (χ1n) is 17.4. The van der Waals surface area contributed by atoms with Crippen LogP contribution in [0.15, 0.2) is 170 Å². The van der Waals surface area contributed by atoms with Gasteiger partial charge in [0.15, 0.2) is 0 Å². The minimum atomic E-state index is 0.0458. The molecule has 4 aromatic heterocycles. The van der Waals surface area contributed by atoms with Crippen LogP contribution in [0, 0.1) is 0 Å². The van der Waals surface area contributed by atoms with E-state index in [1.165, 1.54) is 69.5 Å². The topological polar surface area (TPSA) is 23.0 Å². The van der Waals surface area contributed by atoms with Gasteiger partial charge in [-0.05, 0) is 0 Å². The number of benzene rings is 6. The second-order valence-corrected chi connectivity index (χ2v) is 15.7. The Morgan fingerprint density at radius 2 is 0.961 bits per heavy atom. The third-order valence-electron chi connectivity index (χ3n) is 10.9. The average Bonchev–Trinajstić information content (AvgIpc) is 3.98. The molecule has 6 aromatic carbocycles. The summed E-state index contributed by atoms with van der Waals surface area (Å²) in [7, 11) is 0. The van der Waals surface area contributed by atoms with Crippen LogP contribution in [-0.2, 0) is 0 Å². The molecule has 0 atom stereocenters. The molecule has 2 aliphatic heterocycles. The first-order valence-corrected chi connectivity index (χ1v) is 19.1. The van der Waals surface area contributed by atoms with Gasteiger partial charge in [-0.15, -0.1) is 0 Å². The number of fused-ring (bicyclic) bond motifs is 10. The molecule has 0 amide bonds. The van der Waals surface area contributed by atoms with Crippen molar-refractivity contribution in [3.63, 3.8) is 0 Å². The summed E-state index contributed by atoms with van der Waals surface area (Å²) < 4.78 is 12.7. The Bertz CT molecular complexity index is 2950. The van der Waals surface area contributed by atoms with E-state index in [2.05, 4.69) is 193 Å². The molecule has 0 fully saturated rings. The number of rotatable bonds is 3. The summed E-state index contributed by atoms with van der Waals surface area (Å²) in [5.41, 5.74) is 11.0. The van der Waals surface area contributed by atoms with Crippen molar-refractivity contribution in [2.24, 2.45) is 0 Å². The van der Waals surface area contributed by atoms with Crippen molar-refractivity contribution in [2.75, 3.05) is 4.90 Å². The Labute approximate surface area is 300 Å². The third kappa shape index (κ3) is 3.66. The summed E-state index contributed by atoms with van der Waals surface area (Å²) in [4.78, 5) is 2.52. The standard InChI is InChI=1S/C44H28BN5Se/c1-5-17-34-30(13-1)31-14-2-6-18-35(31)48(34)29-27-40-44-41(28-29)51-43-24-12-26-47(43)45(44)46-25-11-23-42(46)50(40)39-22-10-9-21-38(39)49-36-19-7-3-15-32(36)33-16-4-8-20-37(33)49/h1-28H. The van der Waals surface area contributed by atoms with E-state index in [0.29, 0.717) is 0 Å². The van der Waals surface area contributed by atoms with Gasteiger partial charge in [-0.25, -0.2) is 0 Å². The molecule has 5 nitrogen and oxygen atoms in total. The fourth-order valence-electron chi connectivity index (χ4n) is 8.83. The second kappa shape index (κ2) is 10.2. The summed E-state index contributed by atoms with van der Waals surface area (Å²) in [6.45, 7) is 0.0458. The van der Waals surface area contributed by atoms with Gasteiger partial charge in [0.1, 0.15) is 0 Å². The molecule has 51 heavy (non-hydrogen) atoms. The normalized spacial score (nSPS) is 13.3. The van der Waals surface area contributed by atoms with E-state index in [1.807, 2.05) is 0 Å². The van der Waals surface area contributed by atoms with Crippen molar-refractivity contribution in [2.45, 2.75) is 0 Å². The predicted octanol–water partition coefficient (Wildman–Crippen LogP) is 8.03. The zero-order chi connectivity index (χ0) is 33.2. The van der Waals surface area contributed by atoms with Crippen LogP contribution in [0.3, 0.4) is 0 Å². The Morgan fingerprint density at radius 3 is 1.61 bits per heavy atom. The molecule has 0 bridgehead atoms. The average molecular weight is 717 g/mol. The van der Waals surface area contributed by atoms with Crippen molar-refractivity contribution in [1.29, 1.82) is 0 Å².